The second-order valence-electron chi connectivity index (χ2n) is 9.39. The Hall–Kier alpha value is -3.74. The van der Waals surface area contributed by atoms with E-state index in [1.165, 1.54) is 0 Å². The van der Waals surface area contributed by atoms with Gasteiger partial charge in [0.2, 0.25) is 0 Å². The Morgan fingerprint density at radius 3 is 2.24 bits per heavy atom. The Kier molecular flexibility index (Phi) is 4.86. The molecule has 0 bridgehead atoms. The molecule has 0 atom stereocenters. The third-order valence-electron chi connectivity index (χ3n) is 7.09. The summed E-state index contributed by atoms with van der Waals surface area (Å²) in [7, 11) is 1.88. The maximum atomic E-state index is 13.6. The summed E-state index contributed by atoms with van der Waals surface area (Å²) in [4.78, 5) is 35.5. The summed E-state index contributed by atoms with van der Waals surface area (Å²) in [6.45, 7) is 3.99. The highest BCUT2D eigenvalue weighted by molar-refractivity contribution is 6.08. The second-order valence-corrected chi connectivity index (χ2v) is 9.39. The van der Waals surface area contributed by atoms with E-state index in [9.17, 15) is 9.59 Å². The summed E-state index contributed by atoms with van der Waals surface area (Å²) in [6.07, 6.45) is 2.25. The van der Waals surface area contributed by atoms with Crippen LogP contribution in [0.25, 0.3) is 21.8 Å². The van der Waals surface area contributed by atoms with E-state index in [2.05, 4.69) is 5.10 Å². The maximum Gasteiger partial charge on any atom is 0.254 e. The average molecular weight is 454 g/mol. The third-order valence-corrected chi connectivity index (χ3v) is 7.09. The van der Waals surface area contributed by atoms with Crippen molar-refractivity contribution in [2.75, 3.05) is 26.2 Å². The molecule has 2 aromatic heterocycles. The van der Waals surface area contributed by atoms with E-state index in [1.54, 1.807) is 4.68 Å². The molecule has 0 spiro atoms. The summed E-state index contributed by atoms with van der Waals surface area (Å²) in [5.41, 5.74) is 3.99. The average Bonchev–Trinajstić information content (AvgIpc) is 3.68. The van der Waals surface area contributed by atoms with Crippen molar-refractivity contribution < 1.29 is 9.59 Å². The number of aromatic nitrogens is 3. The molecule has 0 unspecified atom stereocenters. The van der Waals surface area contributed by atoms with Crippen LogP contribution in [0.15, 0.2) is 48.5 Å². The molecule has 0 N–H and O–H groups in total. The molecule has 2 aromatic carbocycles. The van der Waals surface area contributed by atoms with Crippen molar-refractivity contribution in [3.8, 4) is 0 Å². The normalized spacial score (nSPS) is 16.4. The van der Waals surface area contributed by atoms with Gasteiger partial charge in [0.1, 0.15) is 0 Å². The lowest BCUT2D eigenvalue weighted by Gasteiger charge is -2.35. The molecule has 1 saturated heterocycles. The Morgan fingerprint density at radius 1 is 0.882 bits per heavy atom. The number of benzene rings is 2. The van der Waals surface area contributed by atoms with Crippen LogP contribution >= 0.6 is 0 Å². The van der Waals surface area contributed by atoms with Gasteiger partial charge in [0.05, 0.1) is 16.6 Å². The van der Waals surface area contributed by atoms with Gasteiger partial charge in [-0.3, -0.25) is 14.3 Å². The predicted octanol–water partition coefficient (Wildman–Crippen LogP) is 3.91. The number of fused-ring (bicyclic) bond motifs is 2. The first-order valence-electron chi connectivity index (χ1n) is 11.9. The van der Waals surface area contributed by atoms with Crippen molar-refractivity contribution in [3.05, 3.63) is 71.0 Å². The van der Waals surface area contributed by atoms with E-state index in [0.717, 1.165) is 46.0 Å². The smallest absolute Gasteiger partial charge is 0.254 e. The first-order valence-corrected chi connectivity index (χ1v) is 11.9. The van der Waals surface area contributed by atoms with Gasteiger partial charge in [-0.25, -0.2) is 4.98 Å². The van der Waals surface area contributed by atoms with Crippen LogP contribution in [0.4, 0.5) is 0 Å². The van der Waals surface area contributed by atoms with Crippen molar-refractivity contribution in [2.24, 2.45) is 7.05 Å². The monoisotopic (exact) mass is 453 g/mol. The zero-order valence-corrected chi connectivity index (χ0v) is 19.5. The number of piperazine rings is 1. The van der Waals surface area contributed by atoms with Crippen molar-refractivity contribution in [3.63, 3.8) is 0 Å². The van der Waals surface area contributed by atoms with Gasteiger partial charge < -0.3 is 9.80 Å². The number of carbonyl (C=O) groups excluding carboxylic acids is 2. The van der Waals surface area contributed by atoms with E-state index in [4.69, 9.17) is 4.98 Å². The first-order chi connectivity index (χ1) is 16.5. The predicted molar refractivity (Wildman–Crippen MR) is 131 cm³/mol. The fraction of sp³-hybridized carbons (Fsp3) is 0.333. The topological polar surface area (TPSA) is 71.3 Å². The van der Waals surface area contributed by atoms with Gasteiger partial charge in [0.15, 0.2) is 5.65 Å². The third kappa shape index (κ3) is 3.43. The largest absolute Gasteiger partial charge is 0.335 e. The number of rotatable bonds is 3. The summed E-state index contributed by atoms with van der Waals surface area (Å²) in [6, 6.07) is 15.8. The van der Waals surface area contributed by atoms with Gasteiger partial charge in [-0.1, -0.05) is 36.4 Å². The maximum absolute atomic E-state index is 13.6. The minimum atomic E-state index is 0.00246. The Morgan fingerprint density at radius 2 is 1.53 bits per heavy atom. The minimum absolute atomic E-state index is 0.00246. The fourth-order valence-corrected chi connectivity index (χ4v) is 5.09. The molecule has 34 heavy (non-hydrogen) atoms. The zero-order valence-electron chi connectivity index (χ0n) is 19.5. The van der Waals surface area contributed by atoms with E-state index >= 15 is 0 Å². The minimum Gasteiger partial charge on any atom is -0.335 e. The zero-order chi connectivity index (χ0) is 23.4. The lowest BCUT2D eigenvalue weighted by Crippen LogP contribution is -2.50. The van der Waals surface area contributed by atoms with Gasteiger partial charge in [0.25, 0.3) is 11.8 Å². The van der Waals surface area contributed by atoms with Crippen LogP contribution in [0.3, 0.4) is 0 Å². The number of carbonyl (C=O) groups is 2. The molecule has 7 heteroatoms. The van der Waals surface area contributed by atoms with Crippen LogP contribution in [0.2, 0.25) is 0 Å². The number of amides is 2. The molecule has 3 heterocycles. The molecule has 0 radical (unpaired) electrons. The molecule has 2 amide bonds. The standard InChI is InChI=1S/C27H27N5O2/c1-17-24-22(16-23(19-10-11-19)28-25(24)30(2)29-17)27(34)32-14-12-31(13-15-32)26(33)21-9-5-7-18-6-3-4-8-20(18)21/h3-9,16,19H,10-15H2,1-2H3. The van der Waals surface area contributed by atoms with Crippen LogP contribution in [-0.4, -0.2) is 62.6 Å². The molecular formula is C27H27N5O2. The van der Waals surface area contributed by atoms with Gasteiger partial charge in [-0.15, -0.1) is 0 Å². The van der Waals surface area contributed by atoms with E-state index < -0.39 is 0 Å². The first kappa shape index (κ1) is 20.8. The second kappa shape index (κ2) is 7.94. The van der Waals surface area contributed by atoms with E-state index in [1.807, 2.05) is 72.3 Å². The summed E-state index contributed by atoms with van der Waals surface area (Å²) in [5.74, 6) is 0.471. The van der Waals surface area contributed by atoms with E-state index in [0.29, 0.717) is 43.2 Å². The highest BCUT2D eigenvalue weighted by Gasteiger charge is 2.31. The highest BCUT2D eigenvalue weighted by Crippen LogP contribution is 2.40. The summed E-state index contributed by atoms with van der Waals surface area (Å²) < 4.78 is 1.77. The van der Waals surface area contributed by atoms with Crippen molar-refractivity contribution in [2.45, 2.75) is 25.7 Å². The highest BCUT2D eigenvalue weighted by atomic mass is 16.2. The summed E-state index contributed by atoms with van der Waals surface area (Å²) >= 11 is 0. The number of pyridine rings is 1. The van der Waals surface area contributed by atoms with Crippen molar-refractivity contribution in [1.82, 2.24) is 24.6 Å². The lowest BCUT2D eigenvalue weighted by atomic mass is 10.0. The van der Waals surface area contributed by atoms with Gasteiger partial charge >= 0.3 is 0 Å². The molecule has 2 fully saturated rings. The fourth-order valence-electron chi connectivity index (χ4n) is 5.09. The Bertz CT molecular complexity index is 1440. The number of hydrogen-bond acceptors (Lipinski definition) is 4. The van der Waals surface area contributed by atoms with Crippen LogP contribution < -0.4 is 0 Å². The molecule has 1 aliphatic carbocycles. The van der Waals surface area contributed by atoms with Crippen LogP contribution in [0.5, 0.6) is 0 Å². The molecule has 6 rings (SSSR count). The van der Waals surface area contributed by atoms with Crippen LogP contribution in [0.1, 0.15) is 50.9 Å². The van der Waals surface area contributed by atoms with Gasteiger partial charge in [-0.05, 0) is 42.7 Å². The molecule has 4 aromatic rings. The molecule has 1 saturated carbocycles. The Balaban J connectivity index is 1.24. The number of aryl methyl sites for hydroxylation is 2. The van der Waals surface area contributed by atoms with Crippen molar-refractivity contribution >= 4 is 33.6 Å². The van der Waals surface area contributed by atoms with Gasteiger partial charge in [0, 0.05) is 50.4 Å². The molecular weight excluding hydrogens is 426 g/mol. The SMILES string of the molecule is Cc1nn(C)c2nc(C3CC3)cc(C(=O)N3CCN(C(=O)c4cccc5ccccc45)CC3)c12. The lowest BCUT2D eigenvalue weighted by molar-refractivity contribution is 0.0537. The molecule has 2 aliphatic rings. The molecule has 7 nitrogen and oxygen atoms in total. The van der Waals surface area contributed by atoms with Crippen LogP contribution in [-0.2, 0) is 7.05 Å². The molecule has 172 valence electrons. The quantitative estimate of drug-likeness (QED) is 0.472. The number of nitrogens with zero attached hydrogens (tertiary/aromatic N) is 5. The van der Waals surface area contributed by atoms with Crippen LogP contribution in [0, 0.1) is 6.92 Å². The van der Waals surface area contributed by atoms with E-state index in [-0.39, 0.29) is 11.8 Å². The van der Waals surface area contributed by atoms with Gasteiger partial charge in [-0.2, -0.15) is 5.10 Å². The molecule has 1 aliphatic heterocycles. The Labute approximate surface area is 198 Å². The summed E-state index contributed by atoms with van der Waals surface area (Å²) in [5, 5.41) is 7.39. The number of hydrogen-bond donors (Lipinski definition) is 0. The van der Waals surface area contributed by atoms with Crippen molar-refractivity contribution in [1.29, 1.82) is 0 Å².